The Morgan fingerprint density at radius 3 is 2.54 bits per heavy atom. The molecule has 0 aliphatic heterocycles. The molecule has 0 atom stereocenters. The Kier molecular flexibility index (Phi) is 3.12. The van der Waals surface area contributed by atoms with Gasteiger partial charge in [-0.15, -0.1) is 10.2 Å². The van der Waals surface area contributed by atoms with Crippen LogP contribution in [0.25, 0.3) is 5.65 Å². The highest BCUT2D eigenvalue weighted by Gasteiger charge is 2.56. The molecule has 2 aliphatic carbocycles. The Bertz CT molecular complexity index is 1040. The third-order valence-corrected chi connectivity index (χ3v) is 5.91. The maximum absolute atomic E-state index is 10.6. The van der Waals surface area contributed by atoms with Gasteiger partial charge in [0.05, 0.1) is 11.2 Å². The molecule has 2 fully saturated rings. The van der Waals surface area contributed by atoms with E-state index >= 15 is 0 Å². The maximum atomic E-state index is 10.6. The van der Waals surface area contributed by atoms with E-state index in [4.69, 9.17) is 4.74 Å². The van der Waals surface area contributed by atoms with Crippen molar-refractivity contribution in [2.45, 2.75) is 43.1 Å². The van der Waals surface area contributed by atoms with Gasteiger partial charge in [0.2, 0.25) is 5.65 Å². The molecule has 0 spiro atoms. The van der Waals surface area contributed by atoms with Gasteiger partial charge in [0.25, 0.3) is 0 Å². The molecule has 6 nitrogen and oxygen atoms in total. The molecule has 5 rings (SSSR count). The molecule has 0 radical (unpaired) electrons. The number of aliphatic hydroxyl groups is 1. The number of para-hydroxylation sites is 1. The van der Waals surface area contributed by atoms with Crippen LogP contribution in [0.3, 0.4) is 0 Å². The van der Waals surface area contributed by atoms with Gasteiger partial charge in [0.1, 0.15) is 17.6 Å². The summed E-state index contributed by atoms with van der Waals surface area (Å²) in [6, 6.07) is 13.0. The van der Waals surface area contributed by atoms with Crippen molar-refractivity contribution in [3.8, 4) is 17.6 Å². The smallest absolute Gasteiger partial charge is 0.203 e. The number of hydrogen-bond donors (Lipinski definition) is 1. The number of benzene rings is 1. The molecule has 3 aromatic rings. The molecule has 2 bridgehead atoms. The van der Waals surface area contributed by atoms with Crippen molar-refractivity contribution in [2.75, 3.05) is 0 Å². The van der Waals surface area contributed by atoms with Gasteiger partial charge in [-0.3, -0.25) is 4.40 Å². The van der Waals surface area contributed by atoms with Gasteiger partial charge in [-0.25, -0.2) is 0 Å². The lowest BCUT2D eigenvalue weighted by atomic mass is 9.83. The third-order valence-electron chi connectivity index (χ3n) is 5.91. The quantitative estimate of drug-likeness (QED) is 0.786. The standard InChI is InChI=1S/C20H18N4O2/c21-12-14-4-1-2-5-15(14)26-16-6-3-11-24-17(16)22-23-18(24)19-7-9-20(25,13-19)10-8-19/h1-6,11,25H,7-10,13H2. The van der Waals surface area contributed by atoms with Crippen molar-refractivity contribution in [1.82, 2.24) is 14.6 Å². The van der Waals surface area contributed by atoms with Crippen LogP contribution in [0.1, 0.15) is 43.5 Å². The molecule has 2 saturated carbocycles. The van der Waals surface area contributed by atoms with Gasteiger partial charge < -0.3 is 9.84 Å². The van der Waals surface area contributed by atoms with Gasteiger partial charge in [0.15, 0.2) is 5.75 Å². The van der Waals surface area contributed by atoms with Gasteiger partial charge in [-0.05, 0) is 56.4 Å². The first-order valence-electron chi connectivity index (χ1n) is 8.86. The lowest BCUT2D eigenvalue weighted by Crippen LogP contribution is -2.23. The average Bonchev–Trinajstić information content (AvgIpc) is 3.33. The highest BCUT2D eigenvalue weighted by molar-refractivity contribution is 5.57. The summed E-state index contributed by atoms with van der Waals surface area (Å²) in [7, 11) is 0. The Hall–Kier alpha value is -2.91. The van der Waals surface area contributed by atoms with Crippen LogP contribution in [0.2, 0.25) is 0 Å². The van der Waals surface area contributed by atoms with Gasteiger partial charge >= 0.3 is 0 Å². The van der Waals surface area contributed by atoms with E-state index in [9.17, 15) is 10.4 Å². The molecular formula is C20H18N4O2. The normalized spacial score (nSPS) is 26.9. The molecule has 2 heterocycles. The molecule has 0 unspecified atom stereocenters. The van der Waals surface area contributed by atoms with E-state index in [0.717, 1.165) is 37.9 Å². The second-order valence-electron chi connectivity index (χ2n) is 7.48. The van der Waals surface area contributed by atoms with Crippen LogP contribution < -0.4 is 4.74 Å². The molecule has 2 aliphatic rings. The number of aromatic nitrogens is 3. The summed E-state index contributed by atoms with van der Waals surface area (Å²) in [5, 5.41) is 28.7. The number of nitriles is 1. The Morgan fingerprint density at radius 1 is 1.04 bits per heavy atom. The lowest BCUT2D eigenvalue weighted by Gasteiger charge is -2.24. The summed E-state index contributed by atoms with van der Waals surface area (Å²) >= 11 is 0. The zero-order valence-electron chi connectivity index (χ0n) is 14.2. The van der Waals surface area contributed by atoms with Gasteiger partial charge in [-0.2, -0.15) is 5.26 Å². The van der Waals surface area contributed by atoms with Crippen LogP contribution in [0.5, 0.6) is 11.5 Å². The van der Waals surface area contributed by atoms with Crippen molar-refractivity contribution in [1.29, 1.82) is 5.26 Å². The fourth-order valence-electron chi connectivity index (χ4n) is 4.58. The molecule has 26 heavy (non-hydrogen) atoms. The Labute approximate surface area is 150 Å². The van der Waals surface area contributed by atoms with Crippen LogP contribution >= 0.6 is 0 Å². The zero-order chi connectivity index (χ0) is 17.8. The highest BCUT2D eigenvalue weighted by Crippen LogP contribution is 2.57. The van der Waals surface area contributed by atoms with Crippen molar-refractivity contribution in [2.24, 2.45) is 0 Å². The SMILES string of the molecule is N#Cc1ccccc1Oc1cccn2c(C34CCC(O)(CC3)C4)nnc12. The van der Waals surface area contributed by atoms with E-state index in [1.807, 2.05) is 34.9 Å². The molecule has 0 amide bonds. The molecular weight excluding hydrogens is 328 g/mol. The maximum Gasteiger partial charge on any atom is 0.203 e. The zero-order valence-corrected chi connectivity index (χ0v) is 14.2. The monoisotopic (exact) mass is 346 g/mol. The first kappa shape index (κ1) is 15.4. The van der Waals surface area contributed by atoms with Crippen molar-refractivity contribution >= 4 is 5.65 Å². The second-order valence-corrected chi connectivity index (χ2v) is 7.48. The third kappa shape index (κ3) is 2.14. The van der Waals surface area contributed by atoms with Crippen LogP contribution in [-0.4, -0.2) is 25.3 Å². The number of ether oxygens (including phenoxy) is 1. The van der Waals surface area contributed by atoms with E-state index in [1.165, 1.54) is 0 Å². The number of pyridine rings is 1. The largest absolute Gasteiger partial charge is 0.452 e. The summed E-state index contributed by atoms with van der Waals surface area (Å²) in [6.45, 7) is 0. The van der Waals surface area contributed by atoms with Crippen molar-refractivity contribution in [3.63, 3.8) is 0 Å². The molecule has 2 aromatic heterocycles. The van der Waals surface area contributed by atoms with E-state index in [2.05, 4.69) is 16.3 Å². The van der Waals surface area contributed by atoms with Gasteiger partial charge in [0, 0.05) is 11.6 Å². The minimum Gasteiger partial charge on any atom is -0.452 e. The fraction of sp³-hybridized carbons (Fsp3) is 0.350. The molecule has 6 heteroatoms. The van der Waals surface area contributed by atoms with Crippen LogP contribution in [0.4, 0.5) is 0 Å². The fourth-order valence-corrected chi connectivity index (χ4v) is 4.58. The number of hydrogen-bond acceptors (Lipinski definition) is 5. The second kappa shape index (κ2) is 5.29. The number of rotatable bonds is 3. The molecule has 130 valence electrons. The number of fused-ring (bicyclic) bond motifs is 3. The molecule has 0 saturated heterocycles. The van der Waals surface area contributed by atoms with E-state index in [0.29, 0.717) is 22.7 Å². The topological polar surface area (TPSA) is 83.4 Å². The van der Waals surface area contributed by atoms with Crippen molar-refractivity contribution < 1.29 is 9.84 Å². The summed E-state index contributed by atoms with van der Waals surface area (Å²) in [5.41, 5.74) is 0.472. The summed E-state index contributed by atoms with van der Waals surface area (Å²) in [4.78, 5) is 0. The average molecular weight is 346 g/mol. The first-order valence-corrected chi connectivity index (χ1v) is 8.86. The summed E-state index contributed by atoms with van der Waals surface area (Å²) < 4.78 is 7.96. The lowest BCUT2D eigenvalue weighted by molar-refractivity contribution is 0.0521. The van der Waals surface area contributed by atoms with E-state index in [-0.39, 0.29) is 5.41 Å². The van der Waals surface area contributed by atoms with Crippen molar-refractivity contribution in [3.05, 3.63) is 54.0 Å². The van der Waals surface area contributed by atoms with E-state index in [1.54, 1.807) is 12.1 Å². The van der Waals surface area contributed by atoms with E-state index < -0.39 is 5.60 Å². The predicted molar refractivity (Wildman–Crippen MR) is 93.9 cm³/mol. The summed E-state index contributed by atoms with van der Waals surface area (Å²) in [5.74, 6) is 1.97. The molecule has 1 N–H and O–H groups in total. The van der Waals surface area contributed by atoms with Gasteiger partial charge in [-0.1, -0.05) is 12.1 Å². The summed E-state index contributed by atoms with van der Waals surface area (Å²) in [6.07, 6.45) is 6.22. The Balaban J connectivity index is 1.58. The molecule has 1 aromatic carbocycles. The minimum atomic E-state index is -0.536. The predicted octanol–water partition coefficient (Wildman–Crippen LogP) is 3.34. The highest BCUT2D eigenvalue weighted by atomic mass is 16.5. The number of nitrogens with zero attached hydrogens (tertiary/aromatic N) is 4. The van der Waals surface area contributed by atoms with Crippen LogP contribution in [0, 0.1) is 11.3 Å². The minimum absolute atomic E-state index is 0.0998. The van der Waals surface area contributed by atoms with Crippen LogP contribution in [0.15, 0.2) is 42.6 Å². The Morgan fingerprint density at radius 2 is 1.81 bits per heavy atom. The van der Waals surface area contributed by atoms with Crippen LogP contribution in [-0.2, 0) is 5.41 Å². The first-order chi connectivity index (χ1) is 12.6.